The summed E-state index contributed by atoms with van der Waals surface area (Å²) >= 11 is 6.30. The van der Waals surface area contributed by atoms with Gasteiger partial charge in [0.15, 0.2) is 12.2 Å². The standard InChI is InChI=1S/C6H7INS2/c7-3-5-4-10-6-8(5)1-2-9-6/h3H,1-2,4H2/q+1. The van der Waals surface area contributed by atoms with Crippen LogP contribution in [0.15, 0.2) is 9.78 Å². The molecule has 0 saturated heterocycles. The zero-order valence-corrected chi connectivity index (χ0v) is 9.13. The molecule has 0 amide bonds. The Morgan fingerprint density at radius 2 is 2.40 bits per heavy atom. The Morgan fingerprint density at radius 1 is 1.50 bits per heavy atom. The molecule has 0 fully saturated rings. The lowest BCUT2D eigenvalue weighted by atomic mass is 10.5. The van der Waals surface area contributed by atoms with Crippen LogP contribution in [-0.2, 0) is 0 Å². The molecule has 0 aliphatic carbocycles. The van der Waals surface area contributed by atoms with Crippen molar-refractivity contribution in [1.82, 2.24) is 0 Å². The van der Waals surface area contributed by atoms with Crippen LogP contribution in [0, 0.1) is 0 Å². The molecule has 1 nitrogen and oxygen atoms in total. The summed E-state index contributed by atoms with van der Waals surface area (Å²) in [5, 5.41) is 0. The first kappa shape index (κ1) is 7.49. The van der Waals surface area contributed by atoms with Gasteiger partial charge in [-0.3, -0.25) is 0 Å². The predicted molar refractivity (Wildman–Crippen MR) is 57.2 cm³/mol. The van der Waals surface area contributed by atoms with Gasteiger partial charge in [0.05, 0.1) is 11.5 Å². The Balaban J connectivity index is 2.32. The van der Waals surface area contributed by atoms with Crippen LogP contribution in [0.4, 0.5) is 0 Å². The van der Waals surface area contributed by atoms with E-state index in [2.05, 4.69) is 31.2 Å². The molecule has 2 heterocycles. The number of thioether (sulfide) groups is 2. The van der Waals surface area contributed by atoms with E-state index in [9.17, 15) is 0 Å². The first-order valence-electron chi connectivity index (χ1n) is 3.11. The first-order chi connectivity index (χ1) is 4.92. The first-order valence-corrected chi connectivity index (χ1v) is 6.33. The van der Waals surface area contributed by atoms with Crippen molar-refractivity contribution in [3.8, 4) is 0 Å². The molecule has 2 aliphatic heterocycles. The third-order valence-electron chi connectivity index (χ3n) is 1.58. The van der Waals surface area contributed by atoms with Gasteiger partial charge in [-0.2, -0.15) is 4.58 Å². The second kappa shape index (κ2) is 3.06. The van der Waals surface area contributed by atoms with Gasteiger partial charge in [-0.25, -0.2) is 0 Å². The number of hydrogen-bond donors (Lipinski definition) is 0. The highest BCUT2D eigenvalue weighted by atomic mass is 127. The fourth-order valence-electron chi connectivity index (χ4n) is 1.08. The predicted octanol–water partition coefficient (Wildman–Crippen LogP) is 2.12. The van der Waals surface area contributed by atoms with Gasteiger partial charge in [-0.05, 0) is 46.1 Å². The van der Waals surface area contributed by atoms with Crippen molar-refractivity contribution in [2.24, 2.45) is 0 Å². The third kappa shape index (κ3) is 1.14. The van der Waals surface area contributed by atoms with Crippen LogP contribution < -0.4 is 0 Å². The molecule has 0 bridgehead atoms. The molecule has 2 rings (SSSR count). The molecule has 0 spiro atoms. The van der Waals surface area contributed by atoms with Crippen molar-refractivity contribution in [2.45, 2.75) is 0 Å². The van der Waals surface area contributed by atoms with Gasteiger partial charge < -0.3 is 0 Å². The van der Waals surface area contributed by atoms with Crippen molar-refractivity contribution >= 4 is 50.5 Å². The van der Waals surface area contributed by atoms with Crippen molar-refractivity contribution in [3.63, 3.8) is 0 Å². The number of rotatable bonds is 0. The fourth-order valence-corrected chi connectivity index (χ4v) is 4.38. The molecular weight excluding hydrogens is 277 g/mol. The second-order valence-electron chi connectivity index (χ2n) is 2.16. The normalized spacial score (nSPS) is 28.3. The third-order valence-corrected chi connectivity index (χ3v) is 4.76. The fraction of sp³-hybridized carbons (Fsp3) is 0.500. The minimum Gasteiger partial charge on any atom is -0.183 e. The zero-order chi connectivity index (χ0) is 6.97. The van der Waals surface area contributed by atoms with Crippen LogP contribution in [-0.4, -0.2) is 27.0 Å². The monoisotopic (exact) mass is 284 g/mol. The van der Waals surface area contributed by atoms with Gasteiger partial charge in [0.2, 0.25) is 0 Å². The summed E-state index contributed by atoms with van der Waals surface area (Å²) in [6, 6.07) is 0. The van der Waals surface area contributed by atoms with Crippen LogP contribution in [0.25, 0.3) is 0 Å². The highest BCUT2D eigenvalue weighted by Gasteiger charge is 2.33. The molecule has 0 aromatic rings. The number of hydrogen-bond acceptors (Lipinski definition) is 2. The van der Waals surface area contributed by atoms with Crippen LogP contribution in [0.1, 0.15) is 0 Å². The summed E-state index contributed by atoms with van der Waals surface area (Å²) in [5.41, 5.74) is 1.49. The smallest absolute Gasteiger partial charge is 0.183 e. The molecular formula is C6H7INS2+. The lowest BCUT2D eigenvalue weighted by Crippen LogP contribution is -2.07. The van der Waals surface area contributed by atoms with Crippen LogP contribution in [0.2, 0.25) is 0 Å². The number of halogens is 1. The maximum atomic E-state index is 2.43. The van der Waals surface area contributed by atoms with E-state index in [1.54, 1.807) is 0 Å². The molecule has 0 saturated carbocycles. The molecule has 54 valence electrons. The molecule has 2 aliphatic rings. The van der Waals surface area contributed by atoms with Gasteiger partial charge in [0.1, 0.15) is 0 Å². The maximum absolute atomic E-state index is 2.43. The minimum absolute atomic E-state index is 1.19. The van der Waals surface area contributed by atoms with E-state index in [4.69, 9.17) is 0 Å². The molecule has 0 aromatic heterocycles. The molecule has 0 atom stereocenters. The summed E-state index contributed by atoms with van der Waals surface area (Å²) in [7, 11) is 0. The van der Waals surface area contributed by atoms with E-state index in [1.807, 2.05) is 23.5 Å². The van der Waals surface area contributed by atoms with E-state index in [-0.39, 0.29) is 0 Å². The van der Waals surface area contributed by atoms with E-state index >= 15 is 0 Å². The zero-order valence-electron chi connectivity index (χ0n) is 5.34. The molecule has 0 unspecified atom stereocenters. The summed E-state index contributed by atoms with van der Waals surface area (Å²) in [6.07, 6.45) is 0. The van der Waals surface area contributed by atoms with Gasteiger partial charge >= 0.3 is 0 Å². The second-order valence-corrected chi connectivity index (χ2v) is 5.08. The average Bonchev–Trinajstić information content (AvgIpc) is 2.44. The van der Waals surface area contributed by atoms with Crippen molar-refractivity contribution in [2.75, 3.05) is 18.1 Å². The number of nitrogens with zero attached hydrogens (tertiary/aromatic N) is 1. The molecule has 0 aromatic carbocycles. The lowest BCUT2D eigenvalue weighted by Gasteiger charge is -1.89. The average molecular weight is 284 g/mol. The summed E-state index contributed by atoms with van der Waals surface area (Å²) in [4.78, 5) is 0. The van der Waals surface area contributed by atoms with Crippen LogP contribution in [0.3, 0.4) is 0 Å². The maximum Gasteiger partial charge on any atom is 0.276 e. The summed E-state index contributed by atoms with van der Waals surface area (Å²) in [6.45, 7) is 1.22. The van der Waals surface area contributed by atoms with E-state index in [0.717, 1.165) is 0 Å². The van der Waals surface area contributed by atoms with Crippen LogP contribution in [0.5, 0.6) is 0 Å². The highest BCUT2D eigenvalue weighted by Crippen LogP contribution is 2.32. The van der Waals surface area contributed by atoms with Crippen LogP contribution >= 0.6 is 46.1 Å². The molecule has 4 heteroatoms. The minimum atomic E-state index is 1.19. The SMILES string of the molecule is IC=C1CSC2=[N+]1CCS2. The van der Waals surface area contributed by atoms with Gasteiger partial charge in [-0.1, -0.05) is 0 Å². The topological polar surface area (TPSA) is 3.01 Å². The van der Waals surface area contributed by atoms with Gasteiger partial charge in [0, 0.05) is 4.08 Å². The van der Waals surface area contributed by atoms with Crippen molar-refractivity contribution in [1.29, 1.82) is 0 Å². The Bertz CT molecular complexity index is 222. The summed E-state index contributed by atoms with van der Waals surface area (Å²) < 4.78 is 6.15. The molecule has 0 radical (unpaired) electrons. The quantitative estimate of drug-likeness (QED) is 0.495. The van der Waals surface area contributed by atoms with E-state index < -0.39 is 0 Å². The molecule has 0 N–H and O–H groups in total. The summed E-state index contributed by atoms with van der Waals surface area (Å²) in [5.74, 6) is 2.46. The highest BCUT2D eigenvalue weighted by molar-refractivity contribution is 14.1. The van der Waals surface area contributed by atoms with E-state index in [1.165, 1.54) is 28.1 Å². The lowest BCUT2D eigenvalue weighted by molar-refractivity contribution is -0.459. The van der Waals surface area contributed by atoms with Gasteiger partial charge in [0.25, 0.3) is 4.38 Å². The van der Waals surface area contributed by atoms with Crippen molar-refractivity contribution < 1.29 is 4.58 Å². The van der Waals surface area contributed by atoms with E-state index in [0.29, 0.717) is 0 Å². The Labute approximate surface area is 82.5 Å². The van der Waals surface area contributed by atoms with Gasteiger partial charge in [-0.15, -0.1) is 0 Å². The largest absolute Gasteiger partial charge is 0.276 e. The Morgan fingerprint density at radius 3 is 3.20 bits per heavy atom. The Kier molecular flexibility index (Phi) is 2.29. The Hall–Kier alpha value is 0.840. The molecule has 10 heavy (non-hydrogen) atoms. The van der Waals surface area contributed by atoms with Crippen molar-refractivity contribution in [3.05, 3.63) is 9.78 Å².